The third-order valence-corrected chi connectivity index (χ3v) is 7.36. The van der Waals surface area contributed by atoms with E-state index in [0.29, 0.717) is 29.7 Å². The molecule has 0 aliphatic carbocycles. The number of carbonyl (C=O) groups is 1. The van der Waals surface area contributed by atoms with Crippen molar-refractivity contribution in [3.8, 4) is 5.75 Å². The van der Waals surface area contributed by atoms with Gasteiger partial charge in [0.1, 0.15) is 11.3 Å². The summed E-state index contributed by atoms with van der Waals surface area (Å²) in [6.07, 6.45) is 7.62. The smallest absolute Gasteiger partial charge is 0.290 e. The Hall–Kier alpha value is -3.12. The van der Waals surface area contributed by atoms with Gasteiger partial charge in [-0.1, -0.05) is 64.3 Å². The molecular weight excluding hydrogens is 476 g/mol. The van der Waals surface area contributed by atoms with Crippen LogP contribution in [0.15, 0.2) is 57.7 Å². The van der Waals surface area contributed by atoms with Gasteiger partial charge >= 0.3 is 0 Å². The average molecular weight is 519 g/mol. The maximum absolute atomic E-state index is 13.7. The topological polar surface area (TPSA) is 63.0 Å². The Bertz CT molecular complexity index is 1240. The highest BCUT2D eigenvalue weighted by Gasteiger charge is 2.42. The van der Waals surface area contributed by atoms with Gasteiger partial charge in [-0.15, -0.1) is 0 Å². The van der Waals surface area contributed by atoms with E-state index < -0.39 is 6.04 Å². The standard InChI is InChI=1S/C32H42N2O4/c1-4-7-19-33(20-8-5-2)21-12-22-34-29(24-15-17-25(18-16-24)37-23-9-6-3)28-30(35)26-13-10-11-14-27(26)38-31(28)32(34)36/h10-11,13-18,29H,4-9,12,19-23H2,1-3H3. The number of rotatable bonds is 15. The summed E-state index contributed by atoms with van der Waals surface area (Å²) in [7, 11) is 0. The Labute approximate surface area is 226 Å². The molecule has 0 spiro atoms. The minimum Gasteiger partial charge on any atom is -0.494 e. The van der Waals surface area contributed by atoms with Crippen molar-refractivity contribution >= 4 is 16.9 Å². The van der Waals surface area contributed by atoms with Gasteiger partial charge in [0.2, 0.25) is 5.76 Å². The van der Waals surface area contributed by atoms with E-state index in [1.807, 2.05) is 41.3 Å². The SMILES string of the molecule is CCCCOc1ccc(C2c3c(oc4ccccc4c3=O)C(=O)N2CCCN(CCCC)CCCC)cc1. The minimum absolute atomic E-state index is 0.126. The molecule has 6 heteroatoms. The summed E-state index contributed by atoms with van der Waals surface area (Å²) in [5, 5.41) is 0.510. The Morgan fingerprint density at radius 3 is 2.18 bits per heavy atom. The van der Waals surface area contributed by atoms with Crippen molar-refractivity contribution < 1.29 is 13.9 Å². The minimum atomic E-state index is -0.470. The Morgan fingerprint density at radius 2 is 1.50 bits per heavy atom. The molecule has 1 amide bonds. The van der Waals surface area contributed by atoms with Crippen LogP contribution in [0.5, 0.6) is 5.75 Å². The van der Waals surface area contributed by atoms with Gasteiger partial charge in [0.15, 0.2) is 5.43 Å². The number of hydrogen-bond donors (Lipinski definition) is 0. The number of unbranched alkanes of at least 4 members (excludes halogenated alkanes) is 3. The summed E-state index contributed by atoms with van der Waals surface area (Å²) in [6, 6.07) is 14.5. The van der Waals surface area contributed by atoms with Crippen molar-refractivity contribution in [3.63, 3.8) is 0 Å². The summed E-state index contributed by atoms with van der Waals surface area (Å²) in [5.41, 5.74) is 1.67. The van der Waals surface area contributed by atoms with E-state index in [-0.39, 0.29) is 17.1 Å². The lowest BCUT2D eigenvalue weighted by Crippen LogP contribution is -2.34. The zero-order chi connectivity index (χ0) is 26.9. The fourth-order valence-electron chi connectivity index (χ4n) is 5.19. The lowest BCUT2D eigenvalue weighted by Gasteiger charge is -2.27. The van der Waals surface area contributed by atoms with Crippen molar-refractivity contribution in [2.24, 2.45) is 0 Å². The average Bonchev–Trinajstić information content (AvgIpc) is 3.22. The van der Waals surface area contributed by atoms with Crippen LogP contribution in [-0.2, 0) is 0 Å². The number of fused-ring (bicyclic) bond motifs is 2. The van der Waals surface area contributed by atoms with Crippen LogP contribution < -0.4 is 10.2 Å². The molecule has 0 fully saturated rings. The quantitative estimate of drug-likeness (QED) is 0.207. The molecule has 4 rings (SSSR count). The molecule has 1 atom stereocenters. The molecule has 0 N–H and O–H groups in total. The van der Waals surface area contributed by atoms with Crippen LogP contribution >= 0.6 is 0 Å². The van der Waals surface area contributed by atoms with Gasteiger partial charge in [-0.3, -0.25) is 9.59 Å². The summed E-state index contributed by atoms with van der Waals surface area (Å²) >= 11 is 0. The van der Waals surface area contributed by atoms with Crippen molar-refractivity contribution in [3.05, 3.63) is 75.6 Å². The van der Waals surface area contributed by atoms with E-state index in [9.17, 15) is 9.59 Å². The number of hydrogen-bond acceptors (Lipinski definition) is 5. The maximum atomic E-state index is 13.7. The highest BCUT2D eigenvalue weighted by molar-refractivity contribution is 5.99. The molecule has 2 aromatic carbocycles. The zero-order valence-electron chi connectivity index (χ0n) is 23.2. The van der Waals surface area contributed by atoms with E-state index in [4.69, 9.17) is 9.15 Å². The lowest BCUT2D eigenvalue weighted by molar-refractivity contribution is 0.0719. The largest absolute Gasteiger partial charge is 0.494 e. The van der Waals surface area contributed by atoms with Crippen molar-refractivity contribution in [1.82, 2.24) is 9.80 Å². The predicted octanol–water partition coefficient (Wildman–Crippen LogP) is 6.81. The van der Waals surface area contributed by atoms with Gasteiger partial charge in [-0.2, -0.15) is 0 Å². The summed E-state index contributed by atoms with van der Waals surface area (Å²) in [4.78, 5) is 31.7. The van der Waals surface area contributed by atoms with Gasteiger partial charge in [-0.05, 0) is 75.1 Å². The Balaban J connectivity index is 1.62. The van der Waals surface area contributed by atoms with E-state index in [1.54, 1.807) is 12.1 Å². The van der Waals surface area contributed by atoms with Crippen molar-refractivity contribution in [1.29, 1.82) is 0 Å². The van der Waals surface area contributed by atoms with Crippen LogP contribution in [0.4, 0.5) is 0 Å². The van der Waals surface area contributed by atoms with Crippen LogP contribution in [0.2, 0.25) is 0 Å². The molecule has 1 unspecified atom stereocenters. The first kappa shape index (κ1) is 27.9. The first-order chi connectivity index (χ1) is 18.6. The van der Waals surface area contributed by atoms with Gasteiger partial charge in [0.05, 0.1) is 23.6 Å². The zero-order valence-corrected chi connectivity index (χ0v) is 23.2. The molecule has 38 heavy (non-hydrogen) atoms. The maximum Gasteiger partial charge on any atom is 0.290 e. The third-order valence-electron chi connectivity index (χ3n) is 7.36. The fraction of sp³-hybridized carbons (Fsp3) is 0.500. The molecule has 204 valence electrons. The highest BCUT2D eigenvalue weighted by Crippen LogP contribution is 2.38. The first-order valence-electron chi connectivity index (χ1n) is 14.4. The lowest BCUT2D eigenvalue weighted by atomic mass is 9.98. The van der Waals surface area contributed by atoms with Gasteiger partial charge in [-0.25, -0.2) is 0 Å². The molecule has 1 aliphatic rings. The molecule has 0 saturated heterocycles. The second kappa shape index (κ2) is 13.6. The second-order valence-corrected chi connectivity index (χ2v) is 10.2. The molecule has 6 nitrogen and oxygen atoms in total. The number of benzene rings is 2. The molecule has 0 saturated carbocycles. The van der Waals surface area contributed by atoms with E-state index in [1.165, 1.54) is 25.7 Å². The van der Waals surface area contributed by atoms with Gasteiger partial charge < -0.3 is 19.0 Å². The van der Waals surface area contributed by atoms with Crippen LogP contribution in [0.3, 0.4) is 0 Å². The molecule has 0 radical (unpaired) electrons. The summed E-state index contributed by atoms with van der Waals surface area (Å²) in [5.74, 6) is 0.770. The van der Waals surface area contributed by atoms with E-state index in [2.05, 4.69) is 25.7 Å². The summed E-state index contributed by atoms with van der Waals surface area (Å²) in [6.45, 7) is 10.9. The van der Waals surface area contributed by atoms with Gasteiger partial charge in [0, 0.05) is 6.54 Å². The number of ether oxygens (including phenoxy) is 1. The van der Waals surface area contributed by atoms with Crippen LogP contribution in [0.25, 0.3) is 11.0 Å². The molecule has 1 aliphatic heterocycles. The van der Waals surface area contributed by atoms with Crippen LogP contribution in [0, 0.1) is 0 Å². The fourth-order valence-corrected chi connectivity index (χ4v) is 5.19. The van der Waals surface area contributed by atoms with Crippen LogP contribution in [0.1, 0.15) is 93.4 Å². The van der Waals surface area contributed by atoms with E-state index in [0.717, 1.165) is 50.2 Å². The van der Waals surface area contributed by atoms with Crippen molar-refractivity contribution in [2.75, 3.05) is 32.8 Å². The van der Waals surface area contributed by atoms with Gasteiger partial charge in [0.25, 0.3) is 5.91 Å². The number of para-hydroxylation sites is 1. The second-order valence-electron chi connectivity index (χ2n) is 10.2. The molecule has 3 aromatic rings. The predicted molar refractivity (Wildman–Crippen MR) is 153 cm³/mol. The van der Waals surface area contributed by atoms with Crippen LogP contribution in [-0.4, -0.2) is 48.5 Å². The molecule has 0 bridgehead atoms. The highest BCUT2D eigenvalue weighted by atomic mass is 16.5. The van der Waals surface area contributed by atoms with Crippen molar-refractivity contribution in [2.45, 2.75) is 71.8 Å². The monoisotopic (exact) mass is 518 g/mol. The third kappa shape index (κ3) is 6.29. The normalized spacial score (nSPS) is 15.0. The van der Waals surface area contributed by atoms with E-state index >= 15 is 0 Å². The Kier molecular flexibility index (Phi) is 9.99. The summed E-state index contributed by atoms with van der Waals surface area (Å²) < 4.78 is 11.9. The number of nitrogens with zero attached hydrogens (tertiary/aromatic N) is 2. The number of carbonyl (C=O) groups excluding carboxylic acids is 1. The Morgan fingerprint density at radius 1 is 0.842 bits per heavy atom. The molecular formula is C32H42N2O4. The molecule has 2 heterocycles. The first-order valence-corrected chi connectivity index (χ1v) is 14.4. The number of amides is 1. The molecule has 1 aromatic heterocycles.